The van der Waals surface area contributed by atoms with Crippen LogP contribution in [0.1, 0.15) is 33.1 Å². The smallest absolute Gasteiger partial charge is 0.0509 e. The fourth-order valence-corrected chi connectivity index (χ4v) is 2.49. The molecule has 1 aliphatic carbocycles. The predicted molar refractivity (Wildman–Crippen MR) is 53.7 cm³/mol. The van der Waals surface area contributed by atoms with Crippen molar-refractivity contribution in [3.05, 3.63) is 0 Å². The van der Waals surface area contributed by atoms with E-state index in [1.54, 1.807) is 0 Å². The van der Waals surface area contributed by atoms with Crippen molar-refractivity contribution in [2.45, 2.75) is 45.2 Å². The molecule has 2 fully saturated rings. The monoisotopic (exact) mass is 183 g/mol. The molecule has 0 radical (unpaired) electrons. The van der Waals surface area contributed by atoms with Crippen LogP contribution in [0.5, 0.6) is 0 Å². The fraction of sp³-hybridized carbons (Fsp3) is 1.00. The van der Waals surface area contributed by atoms with Crippen LogP contribution in [0.3, 0.4) is 0 Å². The third-order valence-electron chi connectivity index (χ3n) is 3.54. The van der Waals surface area contributed by atoms with Gasteiger partial charge in [0, 0.05) is 18.7 Å². The Morgan fingerprint density at radius 2 is 2.15 bits per heavy atom. The standard InChI is InChI=1S/C11H21NO/c1-8-5-11(6-8)12-9(2)10-3-4-13-7-10/h8-12H,3-7H2,1-2H3. The number of ether oxygens (including phenoxy) is 1. The van der Waals surface area contributed by atoms with Gasteiger partial charge in [0.25, 0.3) is 0 Å². The maximum Gasteiger partial charge on any atom is 0.0509 e. The zero-order valence-electron chi connectivity index (χ0n) is 8.75. The van der Waals surface area contributed by atoms with Crippen molar-refractivity contribution < 1.29 is 4.74 Å². The fourth-order valence-electron chi connectivity index (χ4n) is 2.49. The molecule has 1 saturated carbocycles. The molecule has 2 atom stereocenters. The van der Waals surface area contributed by atoms with E-state index in [0.717, 1.165) is 31.1 Å². The Kier molecular flexibility index (Phi) is 2.89. The van der Waals surface area contributed by atoms with E-state index < -0.39 is 0 Å². The first-order valence-corrected chi connectivity index (χ1v) is 5.59. The van der Waals surface area contributed by atoms with Crippen LogP contribution in [0.4, 0.5) is 0 Å². The van der Waals surface area contributed by atoms with Gasteiger partial charge >= 0.3 is 0 Å². The summed E-state index contributed by atoms with van der Waals surface area (Å²) in [5.41, 5.74) is 0. The second-order valence-corrected chi connectivity index (χ2v) is 4.85. The van der Waals surface area contributed by atoms with Gasteiger partial charge in [0.15, 0.2) is 0 Å². The second-order valence-electron chi connectivity index (χ2n) is 4.85. The highest BCUT2D eigenvalue weighted by molar-refractivity contribution is 4.86. The average Bonchev–Trinajstić information content (AvgIpc) is 2.53. The lowest BCUT2D eigenvalue weighted by Gasteiger charge is -2.37. The van der Waals surface area contributed by atoms with Gasteiger partial charge in [-0.25, -0.2) is 0 Å². The summed E-state index contributed by atoms with van der Waals surface area (Å²) in [6, 6.07) is 1.45. The lowest BCUT2D eigenvalue weighted by Crippen LogP contribution is -2.47. The molecule has 1 N–H and O–H groups in total. The topological polar surface area (TPSA) is 21.3 Å². The minimum Gasteiger partial charge on any atom is -0.381 e. The van der Waals surface area contributed by atoms with Crippen molar-refractivity contribution in [2.75, 3.05) is 13.2 Å². The molecule has 0 aromatic heterocycles. The number of rotatable bonds is 3. The van der Waals surface area contributed by atoms with E-state index in [-0.39, 0.29) is 0 Å². The molecule has 2 rings (SSSR count). The summed E-state index contributed by atoms with van der Waals surface area (Å²) in [7, 11) is 0. The minimum atomic E-state index is 0.653. The normalized spacial score (nSPS) is 41.5. The van der Waals surface area contributed by atoms with Crippen molar-refractivity contribution in [3.8, 4) is 0 Å². The largest absolute Gasteiger partial charge is 0.381 e. The van der Waals surface area contributed by atoms with E-state index in [1.165, 1.54) is 19.3 Å². The zero-order valence-corrected chi connectivity index (χ0v) is 8.75. The van der Waals surface area contributed by atoms with E-state index in [0.29, 0.717) is 6.04 Å². The Bertz CT molecular complexity index is 159. The first-order valence-electron chi connectivity index (χ1n) is 5.59. The lowest BCUT2D eigenvalue weighted by atomic mass is 9.81. The van der Waals surface area contributed by atoms with Crippen LogP contribution < -0.4 is 5.32 Å². The molecule has 0 amide bonds. The molecule has 1 heterocycles. The summed E-state index contributed by atoms with van der Waals surface area (Å²) in [6.45, 7) is 6.58. The van der Waals surface area contributed by atoms with Crippen molar-refractivity contribution >= 4 is 0 Å². The van der Waals surface area contributed by atoms with Gasteiger partial charge in [0.2, 0.25) is 0 Å². The molecule has 76 valence electrons. The molecule has 13 heavy (non-hydrogen) atoms. The predicted octanol–water partition coefficient (Wildman–Crippen LogP) is 1.80. The highest BCUT2D eigenvalue weighted by Crippen LogP contribution is 2.28. The van der Waals surface area contributed by atoms with Gasteiger partial charge in [-0.15, -0.1) is 0 Å². The number of hydrogen-bond donors (Lipinski definition) is 1. The summed E-state index contributed by atoms with van der Waals surface area (Å²) >= 11 is 0. The maximum atomic E-state index is 5.39. The maximum absolute atomic E-state index is 5.39. The van der Waals surface area contributed by atoms with Crippen molar-refractivity contribution in [3.63, 3.8) is 0 Å². The minimum absolute atomic E-state index is 0.653. The van der Waals surface area contributed by atoms with Gasteiger partial charge in [0.1, 0.15) is 0 Å². The third kappa shape index (κ3) is 2.23. The average molecular weight is 183 g/mol. The molecule has 1 saturated heterocycles. The molecule has 2 heteroatoms. The summed E-state index contributed by atoms with van der Waals surface area (Å²) in [4.78, 5) is 0. The van der Waals surface area contributed by atoms with Gasteiger partial charge < -0.3 is 10.1 Å². The van der Waals surface area contributed by atoms with E-state index >= 15 is 0 Å². The van der Waals surface area contributed by atoms with Gasteiger partial charge in [-0.3, -0.25) is 0 Å². The van der Waals surface area contributed by atoms with Crippen LogP contribution in [-0.4, -0.2) is 25.3 Å². The number of hydrogen-bond acceptors (Lipinski definition) is 2. The molecular formula is C11H21NO. The molecule has 2 aliphatic rings. The summed E-state index contributed by atoms with van der Waals surface area (Å²) < 4.78 is 5.39. The molecule has 2 nitrogen and oxygen atoms in total. The van der Waals surface area contributed by atoms with Crippen molar-refractivity contribution in [1.82, 2.24) is 5.32 Å². The highest BCUT2D eigenvalue weighted by Gasteiger charge is 2.29. The van der Waals surface area contributed by atoms with Crippen LogP contribution in [0.2, 0.25) is 0 Å². The molecule has 0 bridgehead atoms. The number of nitrogens with one attached hydrogen (secondary N) is 1. The molecule has 1 aliphatic heterocycles. The summed E-state index contributed by atoms with van der Waals surface area (Å²) in [5, 5.41) is 3.71. The van der Waals surface area contributed by atoms with E-state index in [2.05, 4.69) is 19.2 Å². The van der Waals surface area contributed by atoms with Gasteiger partial charge in [-0.1, -0.05) is 6.92 Å². The Labute approximate surface area is 81.0 Å². The highest BCUT2D eigenvalue weighted by atomic mass is 16.5. The van der Waals surface area contributed by atoms with Crippen molar-refractivity contribution in [1.29, 1.82) is 0 Å². The Morgan fingerprint density at radius 3 is 2.69 bits per heavy atom. The molecular weight excluding hydrogens is 162 g/mol. The Balaban J connectivity index is 1.68. The van der Waals surface area contributed by atoms with Gasteiger partial charge in [0.05, 0.1) is 6.61 Å². The first kappa shape index (κ1) is 9.47. The zero-order chi connectivity index (χ0) is 9.26. The van der Waals surface area contributed by atoms with E-state index in [1.807, 2.05) is 0 Å². The quantitative estimate of drug-likeness (QED) is 0.720. The molecule has 0 aromatic carbocycles. The van der Waals surface area contributed by atoms with Crippen LogP contribution in [-0.2, 0) is 4.74 Å². The van der Waals surface area contributed by atoms with E-state index in [4.69, 9.17) is 4.74 Å². The van der Waals surface area contributed by atoms with Crippen LogP contribution in [0, 0.1) is 11.8 Å². The van der Waals surface area contributed by atoms with Crippen LogP contribution in [0.25, 0.3) is 0 Å². The third-order valence-corrected chi connectivity index (χ3v) is 3.54. The lowest BCUT2D eigenvalue weighted by molar-refractivity contribution is 0.164. The Hall–Kier alpha value is -0.0800. The molecule has 0 aromatic rings. The van der Waals surface area contributed by atoms with Crippen LogP contribution in [0.15, 0.2) is 0 Å². The van der Waals surface area contributed by atoms with Crippen molar-refractivity contribution in [2.24, 2.45) is 11.8 Å². The molecule has 0 spiro atoms. The first-order chi connectivity index (χ1) is 6.25. The van der Waals surface area contributed by atoms with Crippen LogP contribution >= 0.6 is 0 Å². The van der Waals surface area contributed by atoms with Gasteiger partial charge in [-0.2, -0.15) is 0 Å². The SMILES string of the molecule is CC1CC(NC(C)C2CCOC2)C1. The van der Waals surface area contributed by atoms with E-state index in [9.17, 15) is 0 Å². The molecule has 2 unspecified atom stereocenters. The Morgan fingerprint density at radius 1 is 1.38 bits per heavy atom. The van der Waals surface area contributed by atoms with Gasteiger partial charge in [-0.05, 0) is 38.0 Å². The summed E-state index contributed by atoms with van der Waals surface area (Å²) in [5.74, 6) is 1.71. The second kappa shape index (κ2) is 3.97. The summed E-state index contributed by atoms with van der Waals surface area (Å²) in [6.07, 6.45) is 3.99.